The molecule has 0 aliphatic carbocycles. The summed E-state index contributed by atoms with van der Waals surface area (Å²) in [5.41, 5.74) is 1.35. The van der Waals surface area contributed by atoms with E-state index in [0.717, 1.165) is 24.2 Å². The molecule has 1 N–H and O–H groups in total. The Balaban J connectivity index is 1.64. The van der Waals surface area contributed by atoms with Gasteiger partial charge in [0.15, 0.2) is 5.13 Å². The molecule has 1 aromatic heterocycles. The molecule has 0 spiro atoms. The molecule has 1 aliphatic rings. The van der Waals surface area contributed by atoms with Gasteiger partial charge in [-0.2, -0.15) is 0 Å². The lowest BCUT2D eigenvalue weighted by Gasteiger charge is -2.23. The highest BCUT2D eigenvalue weighted by molar-refractivity contribution is 7.22. The standard InChI is InChI=1S/C29H25FN2O5S/c1-3-4-14-37-21-7-5-6-18(15-21)26(33)24-25(17-8-11-20(36-2)12-9-17)32(28(35)27(24)34)29-31-22-13-10-19(30)16-23(22)38-29/h5-13,15-16,25,33H,3-4,14H2,1-2H3/b26-24+. The highest BCUT2D eigenvalue weighted by Crippen LogP contribution is 2.44. The van der Waals surface area contributed by atoms with Crippen LogP contribution < -0.4 is 14.4 Å². The van der Waals surface area contributed by atoms with Crippen molar-refractivity contribution in [2.24, 2.45) is 0 Å². The molecule has 1 fully saturated rings. The van der Waals surface area contributed by atoms with E-state index in [1.54, 1.807) is 48.5 Å². The van der Waals surface area contributed by atoms with Crippen LogP contribution in [0.4, 0.5) is 9.52 Å². The number of fused-ring (bicyclic) bond motifs is 1. The zero-order valence-corrected chi connectivity index (χ0v) is 21.6. The van der Waals surface area contributed by atoms with Crippen molar-refractivity contribution in [2.75, 3.05) is 18.6 Å². The van der Waals surface area contributed by atoms with Crippen molar-refractivity contribution in [1.29, 1.82) is 0 Å². The van der Waals surface area contributed by atoms with E-state index < -0.39 is 23.5 Å². The van der Waals surface area contributed by atoms with Crippen molar-refractivity contribution in [1.82, 2.24) is 4.98 Å². The lowest BCUT2D eigenvalue weighted by Crippen LogP contribution is -2.29. The van der Waals surface area contributed by atoms with E-state index in [9.17, 15) is 19.1 Å². The summed E-state index contributed by atoms with van der Waals surface area (Å²) in [5.74, 6) is -1.28. The predicted octanol–water partition coefficient (Wildman–Crippen LogP) is 6.25. The highest BCUT2D eigenvalue weighted by Gasteiger charge is 2.48. The van der Waals surface area contributed by atoms with Crippen LogP contribution >= 0.6 is 11.3 Å². The Labute approximate surface area is 222 Å². The van der Waals surface area contributed by atoms with Crippen LogP contribution in [0.1, 0.15) is 36.9 Å². The average molecular weight is 533 g/mol. The number of thiazole rings is 1. The van der Waals surface area contributed by atoms with E-state index in [-0.39, 0.29) is 16.5 Å². The number of unbranched alkanes of at least 4 members (excludes halogenated alkanes) is 1. The Bertz CT molecular complexity index is 1550. The van der Waals surface area contributed by atoms with Crippen molar-refractivity contribution < 1.29 is 28.6 Å². The number of Topliss-reactive ketones (excluding diaryl/α,β-unsaturated/α-hetero) is 1. The summed E-state index contributed by atoms with van der Waals surface area (Å²) in [4.78, 5) is 32.6. The first-order valence-corrected chi connectivity index (χ1v) is 13.0. The first-order chi connectivity index (χ1) is 18.4. The molecule has 9 heteroatoms. The summed E-state index contributed by atoms with van der Waals surface area (Å²) in [6.07, 6.45) is 1.86. The van der Waals surface area contributed by atoms with Crippen molar-refractivity contribution in [3.8, 4) is 11.5 Å². The number of carbonyl (C=O) groups is 2. The number of hydrogen-bond acceptors (Lipinski definition) is 7. The Morgan fingerprint density at radius 3 is 2.61 bits per heavy atom. The fourth-order valence-corrected chi connectivity index (χ4v) is 5.36. The lowest BCUT2D eigenvalue weighted by molar-refractivity contribution is -0.132. The molecule has 7 nitrogen and oxygen atoms in total. The number of benzene rings is 3. The van der Waals surface area contributed by atoms with Gasteiger partial charge >= 0.3 is 5.91 Å². The van der Waals surface area contributed by atoms with Gasteiger partial charge in [-0.3, -0.25) is 14.5 Å². The number of carbonyl (C=O) groups excluding carboxylic acids is 2. The number of aromatic nitrogens is 1. The summed E-state index contributed by atoms with van der Waals surface area (Å²) in [6, 6.07) is 16.9. The van der Waals surface area contributed by atoms with E-state index in [2.05, 4.69) is 11.9 Å². The Morgan fingerprint density at radius 1 is 1.08 bits per heavy atom. The predicted molar refractivity (Wildman–Crippen MR) is 144 cm³/mol. The van der Waals surface area contributed by atoms with Crippen LogP contribution in [0.3, 0.4) is 0 Å². The molecule has 1 unspecified atom stereocenters. The second-order valence-corrected chi connectivity index (χ2v) is 9.79. The fraction of sp³-hybridized carbons (Fsp3) is 0.207. The van der Waals surface area contributed by atoms with Gasteiger partial charge in [-0.1, -0.05) is 48.9 Å². The number of nitrogens with zero attached hydrogens (tertiary/aromatic N) is 2. The number of halogens is 1. The molecular weight excluding hydrogens is 507 g/mol. The first-order valence-electron chi connectivity index (χ1n) is 12.2. The summed E-state index contributed by atoms with van der Waals surface area (Å²) < 4.78 is 25.4. The second kappa shape index (κ2) is 10.6. The average Bonchev–Trinajstić information content (AvgIpc) is 3.46. The molecular formula is C29H25FN2O5S. The first kappa shape index (κ1) is 25.4. The van der Waals surface area contributed by atoms with Gasteiger partial charge in [-0.05, 0) is 54.4 Å². The van der Waals surface area contributed by atoms with Gasteiger partial charge < -0.3 is 14.6 Å². The van der Waals surface area contributed by atoms with Crippen molar-refractivity contribution >= 4 is 44.1 Å². The van der Waals surface area contributed by atoms with Gasteiger partial charge in [0.1, 0.15) is 23.1 Å². The normalized spacial score (nSPS) is 16.8. The molecule has 2 heterocycles. The maximum atomic E-state index is 13.8. The van der Waals surface area contributed by atoms with E-state index in [1.807, 2.05) is 0 Å². The molecule has 1 aliphatic heterocycles. The summed E-state index contributed by atoms with van der Waals surface area (Å²) in [7, 11) is 1.54. The maximum absolute atomic E-state index is 13.8. The van der Waals surface area contributed by atoms with E-state index in [1.165, 1.54) is 30.2 Å². The lowest BCUT2D eigenvalue weighted by atomic mass is 9.95. The smallest absolute Gasteiger partial charge is 0.301 e. The molecule has 38 heavy (non-hydrogen) atoms. The van der Waals surface area contributed by atoms with Gasteiger partial charge in [0.05, 0.1) is 35.5 Å². The quantitative estimate of drug-likeness (QED) is 0.125. The molecule has 4 aromatic rings. The van der Waals surface area contributed by atoms with Crippen LogP contribution in [0.25, 0.3) is 16.0 Å². The zero-order chi connectivity index (χ0) is 26.8. The van der Waals surface area contributed by atoms with Crippen LogP contribution in [0.2, 0.25) is 0 Å². The maximum Gasteiger partial charge on any atom is 0.301 e. The van der Waals surface area contributed by atoms with Gasteiger partial charge in [0.2, 0.25) is 0 Å². The number of ketones is 1. The van der Waals surface area contributed by atoms with E-state index >= 15 is 0 Å². The number of methoxy groups -OCH3 is 1. The van der Waals surface area contributed by atoms with Crippen molar-refractivity contribution in [2.45, 2.75) is 25.8 Å². The number of ether oxygens (including phenoxy) is 2. The van der Waals surface area contributed by atoms with Gasteiger partial charge in [0.25, 0.3) is 5.78 Å². The van der Waals surface area contributed by atoms with Crippen LogP contribution in [-0.2, 0) is 9.59 Å². The third kappa shape index (κ3) is 4.72. The minimum atomic E-state index is -0.962. The number of aliphatic hydroxyl groups excluding tert-OH is 1. The van der Waals surface area contributed by atoms with Gasteiger partial charge in [0, 0.05) is 5.56 Å². The summed E-state index contributed by atoms with van der Waals surface area (Å²) >= 11 is 1.10. The molecule has 0 saturated carbocycles. The number of aliphatic hydroxyl groups is 1. The third-order valence-electron chi connectivity index (χ3n) is 6.30. The van der Waals surface area contributed by atoms with E-state index in [4.69, 9.17) is 9.47 Å². The van der Waals surface area contributed by atoms with Crippen LogP contribution in [0.5, 0.6) is 11.5 Å². The molecule has 3 aromatic carbocycles. The largest absolute Gasteiger partial charge is 0.507 e. The second-order valence-electron chi connectivity index (χ2n) is 8.78. The number of anilines is 1. The Hall–Kier alpha value is -4.24. The summed E-state index contributed by atoms with van der Waals surface area (Å²) in [6.45, 7) is 2.58. The monoisotopic (exact) mass is 532 g/mol. The summed E-state index contributed by atoms with van der Waals surface area (Å²) in [5, 5.41) is 11.6. The van der Waals surface area contributed by atoms with Crippen molar-refractivity contribution in [3.05, 3.63) is 89.2 Å². The molecule has 194 valence electrons. The molecule has 5 rings (SSSR count). The molecule has 0 bridgehead atoms. The topological polar surface area (TPSA) is 89.0 Å². The molecule has 1 saturated heterocycles. The number of amides is 1. The molecule has 1 amide bonds. The van der Waals surface area contributed by atoms with Crippen molar-refractivity contribution in [3.63, 3.8) is 0 Å². The third-order valence-corrected chi connectivity index (χ3v) is 7.31. The molecule has 0 radical (unpaired) electrons. The highest BCUT2D eigenvalue weighted by atomic mass is 32.1. The van der Waals surface area contributed by atoms with Gasteiger partial charge in [-0.25, -0.2) is 9.37 Å². The fourth-order valence-electron chi connectivity index (χ4n) is 4.34. The van der Waals surface area contributed by atoms with Crippen LogP contribution in [0.15, 0.2) is 72.3 Å². The Morgan fingerprint density at radius 2 is 1.87 bits per heavy atom. The minimum Gasteiger partial charge on any atom is -0.507 e. The Kier molecular flexibility index (Phi) is 7.11. The van der Waals surface area contributed by atoms with Crippen LogP contribution in [-0.4, -0.2) is 35.5 Å². The molecule has 1 atom stereocenters. The number of hydrogen-bond donors (Lipinski definition) is 1. The van der Waals surface area contributed by atoms with Gasteiger partial charge in [-0.15, -0.1) is 0 Å². The van der Waals surface area contributed by atoms with Crippen LogP contribution in [0, 0.1) is 5.82 Å². The zero-order valence-electron chi connectivity index (χ0n) is 20.8. The SMILES string of the molecule is CCCCOc1cccc(/C(O)=C2\C(=O)C(=O)N(c3nc4ccc(F)cc4s3)C2c2ccc(OC)cc2)c1. The van der Waals surface area contributed by atoms with E-state index in [0.29, 0.717) is 39.4 Å². The minimum absolute atomic E-state index is 0.0729. The number of rotatable bonds is 8.